The van der Waals surface area contributed by atoms with Gasteiger partial charge in [0.05, 0.1) is 6.42 Å². The molecule has 3 rings (SSSR count). The second-order valence-corrected chi connectivity index (χ2v) is 4.47. The fourth-order valence-corrected chi connectivity index (χ4v) is 2.11. The summed E-state index contributed by atoms with van der Waals surface area (Å²) in [6, 6.07) is 7.62. The van der Waals surface area contributed by atoms with E-state index in [4.69, 9.17) is 9.52 Å². The topological polar surface area (TPSA) is 88.2 Å². The van der Waals surface area contributed by atoms with E-state index in [1.807, 2.05) is 24.3 Å². The number of fused-ring (bicyclic) bond motifs is 3. The van der Waals surface area contributed by atoms with Gasteiger partial charge in [0, 0.05) is 11.9 Å². The third-order valence-electron chi connectivity index (χ3n) is 2.96. The number of aryl methyl sites for hydroxylation is 1. The summed E-state index contributed by atoms with van der Waals surface area (Å²) in [5, 5.41) is 12.6. The summed E-state index contributed by atoms with van der Waals surface area (Å²) >= 11 is 0. The molecule has 6 heteroatoms. The van der Waals surface area contributed by atoms with E-state index >= 15 is 0 Å². The largest absolute Gasteiger partial charge is 0.481 e. The van der Waals surface area contributed by atoms with Crippen LogP contribution in [0.1, 0.15) is 12.2 Å². The number of aliphatic carboxylic acids is 1. The van der Waals surface area contributed by atoms with Crippen LogP contribution >= 0.6 is 0 Å². The van der Waals surface area contributed by atoms with Crippen LogP contribution in [-0.4, -0.2) is 27.6 Å². The molecule has 0 aliphatic carbocycles. The van der Waals surface area contributed by atoms with E-state index in [1.54, 1.807) is 6.92 Å². The van der Waals surface area contributed by atoms with Crippen molar-refractivity contribution in [1.82, 2.24) is 9.97 Å². The van der Waals surface area contributed by atoms with Crippen LogP contribution in [0.4, 0.5) is 5.82 Å². The predicted octanol–water partition coefficient (Wildman–Crippen LogP) is 2.57. The molecule has 20 heavy (non-hydrogen) atoms. The summed E-state index contributed by atoms with van der Waals surface area (Å²) < 4.78 is 5.76. The molecule has 0 saturated heterocycles. The highest BCUT2D eigenvalue weighted by Gasteiger charge is 2.14. The van der Waals surface area contributed by atoms with E-state index in [9.17, 15) is 4.79 Å². The maximum absolute atomic E-state index is 10.6. The zero-order valence-corrected chi connectivity index (χ0v) is 10.9. The van der Waals surface area contributed by atoms with E-state index in [1.165, 1.54) is 0 Å². The molecule has 0 aliphatic rings. The van der Waals surface area contributed by atoms with Gasteiger partial charge < -0.3 is 14.8 Å². The van der Waals surface area contributed by atoms with Gasteiger partial charge in [-0.3, -0.25) is 4.79 Å². The normalized spacial score (nSPS) is 11.1. The Labute approximate surface area is 114 Å². The molecule has 0 spiro atoms. The monoisotopic (exact) mass is 271 g/mol. The molecule has 2 N–H and O–H groups in total. The fraction of sp³-hybridized carbons (Fsp3) is 0.214. The van der Waals surface area contributed by atoms with Crippen molar-refractivity contribution in [3.05, 3.63) is 30.1 Å². The molecule has 2 heterocycles. The number of furan rings is 1. The molecule has 0 amide bonds. The van der Waals surface area contributed by atoms with Crippen molar-refractivity contribution in [1.29, 1.82) is 0 Å². The van der Waals surface area contributed by atoms with Crippen LogP contribution in [0.3, 0.4) is 0 Å². The highest BCUT2D eigenvalue weighted by Crippen LogP contribution is 2.30. The maximum Gasteiger partial charge on any atom is 0.305 e. The molecule has 0 unspecified atom stereocenters. The number of para-hydroxylation sites is 1. The number of anilines is 1. The molecule has 0 atom stereocenters. The molecular weight excluding hydrogens is 258 g/mol. The minimum Gasteiger partial charge on any atom is -0.481 e. The van der Waals surface area contributed by atoms with Gasteiger partial charge in [0.25, 0.3) is 0 Å². The molecule has 0 radical (unpaired) electrons. The molecule has 1 aromatic carbocycles. The molecule has 102 valence electrons. The first-order valence-corrected chi connectivity index (χ1v) is 6.26. The average molecular weight is 271 g/mol. The number of benzene rings is 1. The van der Waals surface area contributed by atoms with E-state index in [-0.39, 0.29) is 13.0 Å². The minimum atomic E-state index is -0.857. The van der Waals surface area contributed by atoms with Crippen LogP contribution in [-0.2, 0) is 4.79 Å². The third-order valence-corrected chi connectivity index (χ3v) is 2.96. The summed E-state index contributed by atoms with van der Waals surface area (Å²) in [5.41, 5.74) is 2.04. The highest BCUT2D eigenvalue weighted by molar-refractivity contribution is 6.05. The Morgan fingerprint density at radius 3 is 2.95 bits per heavy atom. The van der Waals surface area contributed by atoms with Gasteiger partial charge in [0.1, 0.15) is 16.9 Å². The first kappa shape index (κ1) is 12.4. The number of carbonyl (C=O) groups is 1. The predicted molar refractivity (Wildman–Crippen MR) is 74.8 cm³/mol. The fourth-order valence-electron chi connectivity index (χ4n) is 2.11. The van der Waals surface area contributed by atoms with Crippen molar-refractivity contribution in [3.63, 3.8) is 0 Å². The highest BCUT2D eigenvalue weighted by atomic mass is 16.4. The Kier molecular flexibility index (Phi) is 2.98. The SMILES string of the molecule is Cc1nc(NCCC(=O)O)c2oc3ccccc3c2n1. The van der Waals surface area contributed by atoms with E-state index in [2.05, 4.69) is 15.3 Å². The molecule has 2 aromatic heterocycles. The third kappa shape index (κ3) is 2.16. The zero-order chi connectivity index (χ0) is 14.1. The quantitative estimate of drug-likeness (QED) is 0.758. The molecule has 0 bridgehead atoms. The van der Waals surface area contributed by atoms with Gasteiger partial charge in [-0.2, -0.15) is 0 Å². The van der Waals surface area contributed by atoms with Crippen LogP contribution in [0, 0.1) is 6.92 Å². The van der Waals surface area contributed by atoms with Crippen LogP contribution in [0.5, 0.6) is 0 Å². The van der Waals surface area contributed by atoms with Crippen LogP contribution < -0.4 is 5.32 Å². The Hall–Kier alpha value is -2.63. The molecule has 0 aliphatic heterocycles. The lowest BCUT2D eigenvalue weighted by Gasteiger charge is -2.04. The van der Waals surface area contributed by atoms with Crippen LogP contribution in [0.2, 0.25) is 0 Å². The maximum atomic E-state index is 10.6. The number of carboxylic acid groups (broad SMARTS) is 1. The molecular formula is C14H13N3O3. The van der Waals surface area contributed by atoms with Crippen molar-refractivity contribution in [2.45, 2.75) is 13.3 Å². The lowest BCUT2D eigenvalue weighted by molar-refractivity contribution is -0.136. The van der Waals surface area contributed by atoms with Crippen molar-refractivity contribution < 1.29 is 14.3 Å². The number of nitrogens with zero attached hydrogens (tertiary/aromatic N) is 2. The van der Waals surface area contributed by atoms with Crippen molar-refractivity contribution in [2.24, 2.45) is 0 Å². The Morgan fingerprint density at radius 2 is 2.15 bits per heavy atom. The molecule has 6 nitrogen and oxygen atoms in total. The summed E-state index contributed by atoms with van der Waals surface area (Å²) in [6.07, 6.45) is 0.0186. The summed E-state index contributed by atoms with van der Waals surface area (Å²) in [6.45, 7) is 2.08. The van der Waals surface area contributed by atoms with Crippen molar-refractivity contribution in [2.75, 3.05) is 11.9 Å². The first-order chi connectivity index (χ1) is 9.65. The Balaban J connectivity index is 2.09. The van der Waals surface area contributed by atoms with Gasteiger partial charge in [-0.25, -0.2) is 9.97 Å². The van der Waals surface area contributed by atoms with E-state index in [0.29, 0.717) is 17.2 Å². The lowest BCUT2D eigenvalue weighted by Crippen LogP contribution is -2.09. The van der Waals surface area contributed by atoms with Gasteiger partial charge in [-0.1, -0.05) is 12.1 Å². The van der Waals surface area contributed by atoms with Crippen LogP contribution in [0.25, 0.3) is 22.1 Å². The van der Waals surface area contributed by atoms with Gasteiger partial charge in [-0.15, -0.1) is 0 Å². The zero-order valence-electron chi connectivity index (χ0n) is 10.9. The number of rotatable bonds is 4. The van der Waals surface area contributed by atoms with Gasteiger partial charge in [0.15, 0.2) is 11.4 Å². The standard InChI is InChI=1S/C14H13N3O3/c1-8-16-12-9-4-2-3-5-10(9)20-13(12)14(17-8)15-7-6-11(18)19/h2-5H,6-7H2,1H3,(H,18,19)(H,15,16,17). The number of aromatic nitrogens is 2. The second-order valence-electron chi connectivity index (χ2n) is 4.47. The Morgan fingerprint density at radius 1 is 1.35 bits per heavy atom. The van der Waals surface area contributed by atoms with Crippen molar-refractivity contribution >= 4 is 33.9 Å². The molecule has 3 aromatic rings. The first-order valence-electron chi connectivity index (χ1n) is 6.26. The summed E-state index contributed by atoms with van der Waals surface area (Å²) in [5.74, 6) is 0.288. The number of nitrogens with one attached hydrogen (secondary N) is 1. The Bertz CT molecular complexity index is 795. The second kappa shape index (κ2) is 4.80. The van der Waals surface area contributed by atoms with Crippen molar-refractivity contribution in [3.8, 4) is 0 Å². The van der Waals surface area contributed by atoms with Gasteiger partial charge in [-0.05, 0) is 19.1 Å². The van der Waals surface area contributed by atoms with E-state index in [0.717, 1.165) is 16.5 Å². The number of hydrogen-bond acceptors (Lipinski definition) is 5. The lowest BCUT2D eigenvalue weighted by atomic mass is 10.2. The smallest absolute Gasteiger partial charge is 0.305 e. The van der Waals surface area contributed by atoms with E-state index < -0.39 is 5.97 Å². The minimum absolute atomic E-state index is 0.0186. The average Bonchev–Trinajstić information content (AvgIpc) is 2.77. The van der Waals surface area contributed by atoms with Gasteiger partial charge >= 0.3 is 5.97 Å². The summed E-state index contributed by atoms with van der Waals surface area (Å²) in [7, 11) is 0. The number of carboxylic acids is 1. The molecule has 0 fully saturated rings. The van der Waals surface area contributed by atoms with Crippen LogP contribution in [0.15, 0.2) is 28.7 Å². The summed E-state index contributed by atoms with van der Waals surface area (Å²) in [4.78, 5) is 19.3. The van der Waals surface area contributed by atoms with Gasteiger partial charge in [0.2, 0.25) is 0 Å². The molecule has 0 saturated carbocycles. The number of hydrogen-bond donors (Lipinski definition) is 2.